The highest BCUT2D eigenvalue weighted by Gasteiger charge is 2.07. The van der Waals surface area contributed by atoms with Crippen LogP contribution in [0.4, 0.5) is 0 Å². The zero-order chi connectivity index (χ0) is 13.4. The molecule has 0 atom stereocenters. The van der Waals surface area contributed by atoms with E-state index in [1.165, 1.54) is 4.80 Å². The zero-order valence-electron chi connectivity index (χ0n) is 10.3. The van der Waals surface area contributed by atoms with Gasteiger partial charge in [0.05, 0.1) is 13.6 Å². The summed E-state index contributed by atoms with van der Waals surface area (Å²) in [5.74, 6) is 0.667. The molecule has 2 heterocycles. The Bertz CT molecular complexity index is 757. The number of aryl methyl sites for hydroxylation is 1. The number of rotatable bonds is 3. The Kier molecular flexibility index (Phi) is 2.75. The topological polar surface area (TPSA) is 74.5 Å². The summed E-state index contributed by atoms with van der Waals surface area (Å²) in [6.45, 7) is 0.568. The summed E-state index contributed by atoms with van der Waals surface area (Å²) >= 11 is 5.01. The summed E-state index contributed by atoms with van der Waals surface area (Å²) in [6.07, 6.45) is 1.99. The van der Waals surface area contributed by atoms with Gasteiger partial charge >= 0.3 is 0 Å². The van der Waals surface area contributed by atoms with Gasteiger partial charge in [0.2, 0.25) is 0 Å². The number of fused-ring (bicyclic) bond motifs is 1. The number of nitrogens with zero attached hydrogens (tertiary/aromatic N) is 5. The first-order chi connectivity index (χ1) is 9.13. The second kappa shape index (κ2) is 4.43. The molecule has 7 heteroatoms. The summed E-state index contributed by atoms with van der Waals surface area (Å²) in [7, 11) is 1.75. The summed E-state index contributed by atoms with van der Waals surface area (Å²) < 4.78 is 2.05. The SMILES string of the molecule is Cn1nnc(Cn2ccc3ccc(C(N)=S)cc32)n1. The molecule has 0 fully saturated rings. The van der Waals surface area contributed by atoms with Crippen molar-refractivity contribution in [1.82, 2.24) is 24.8 Å². The van der Waals surface area contributed by atoms with Crippen LogP contribution in [0.1, 0.15) is 11.4 Å². The van der Waals surface area contributed by atoms with Gasteiger partial charge in [-0.2, -0.15) is 4.80 Å². The lowest BCUT2D eigenvalue weighted by Gasteiger charge is -2.04. The molecule has 6 nitrogen and oxygen atoms in total. The number of benzene rings is 1. The lowest BCUT2D eigenvalue weighted by molar-refractivity contribution is 0.626. The number of hydrogen-bond acceptors (Lipinski definition) is 4. The molecular formula is C12H12N6S. The standard InChI is InChI=1S/C12H12N6S/c1-17-15-11(14-16-17)7-18-5-4-8-2-3-9(12(13)19)6-10(8)18/h2-6H,7H2,1H3,(H2,13,19). The Balaban J connectivity index is 2.03. The van der Waals surface area contributed by atoms with E-state index in [4.69, 9.17) is 18.0 Å². The second-order valence-electron chi connectivity index (χ2n) is 4.28. The Morgan fingerprint density at radius 1 is 1.37 bits per heavy atom. The molecule has 2 aromatic heterocycles. The molecule has 1 aromatic carbocycles. The number of hydrogen-bond donors (Lipinski definition) is 1. The first-order valence-corrected chi connectivity index (χ1v) is 6.16. The highest BCUT2D eigenvalue weighted by molar-refractivity contribution is 7.80. The van der Waals surface area contributed by atoms with Gasteiger partial charge in [0.15, 0.2) is 5.82 Å². The van der Waals surface area contributed by atoms with Crippen molar-refractivity contribution < 1.29 is 0 Å². The second-order valence-corrected chi connectivity index (χ2v) is 4.72. The predicted octanol–water partition coefficient (Wildman–Crippen LogP) is 0.847. The fourth-order valence-corrected chi connectivity index (χ4v) is 2.14. The molecule has 0 amide bonds. The van der Waals surface area contributed by atoms with Gasteiger partial charge in [-0.1, -0.05) is 24.4 Å². The van der Waals surface area contributed by atoms with Crippen molar-refractivity contribution in [3.63, 3.8) is 0 Å². The van der Waals surface area contributed by atoms with Gasteiger partial charge in [-0.05, 0) is 22.7 Å². The van der Waals surface area contributed by atoms with E-state index in [0.29, 0.717) is 17.4 Å². The van der Waals surface area contributed by atoms with Crippen LogP contribution < -0.4 is 5.73 Å². The quantitative estimate of drug-likeness (QED) is 0.715. The number of aromatic nitrogens is 5. The maximum Gasteiger partial charge on any atom is 0.194 e. The molecule has 0 unspecified atom stereocenters. The average molecular weight is 272 g/mol. The van der Waals surface area contributed by atoms with Crippen LogP contribution in [0.5, 0.6) is 0 Å². The maximum absolute atomic E-state index is 5.66. The van der Waals surface area contributed by atoms with Gasteiger partial charge in [-0.3, -0.25) is 0 Å². The van der Waals surface area contributed by atoms with Crippen LogP contribution in [0.3, 0.4) is 0 Å². The van der Waals surface area contributed by atoms with E-state index in [1.54, 1.807) is 7.05 Å². The third-order valence-corrected chi connectivity index (χ3v) is 3.16. The van der Waals surface area contributed by atoms with E-state index in [1.807, 2.05) is 35.0 Å². The van der Waals surface area contributed by atoms with Crippen LogP contribution in [0.25, 0.3) is 10.9 Å². The van der Waals surface area contributed by atoms with Crippen molar-refractivity contribution in [2.45, 2.75) is 6.54 Å². The molecule has 96 valence electrons. The maximum atomic E-state index is 5.66. The van der Waals surface area contributed by atoms with Crippen molar-refractivity contribution in [3.8, 4) is 0 Å². The first kappa shape index (κ1) is 11.8. The van der Waals surface area contributed by atoms with Crippen LogP contribution in [0, 0.1) is 0 Å². The van der Waals surface area contributed by atoms with Gasteiger partial charge in [0.25, 0.3) is 0 Å². The molecule has 0 aliphatic carbocycles. The Labute approximate surface area is 114 Å². The first-order valence-electron chi connectivity index (χ1n) is 5.75. The van der Waals surface area contributed by atoms with Crippen LogP contribution in [0.15, 0.2) is 30.5 Å². The van der Waals surface area contributed by atoms with Crippen molar-refractivity contribution in [3.05, 3.63) is 41.9 Å². The smallest absolute Gasteiger partial charge is 0.194 e. The molecule has 2 N–H and O–H groups in total. The van der Waals surface area contributed by atoms with Crippen LogP contribution in [0.2, 0.25) is 0 Å². The van der Waals surface area contributed by atoms with E-state index in [2.05, 4.69) is 15.4 Å². The minimum absolute atomic E-state index is 0.396. The zero-order valence-corrected chi connectivity index (χ0v) is 11.1. The largest absolute Gasteiger partial charge is 0.389 e. The van der Waals surface area contributed by atoms with Crippen LogP contribution >= 0.6 is 12.2 Å². The third-order valence-electron chi connectivity index (χ3n) is 2.92. The molecule has 0 aliphatic heterocycles. The summed E-state index contributed by atoms with van der Waals surface area (Å²) in [5.41, 5.74) is 7.57. The van der Waals surface area contributed by atoms with Crippen molar-refractivity contribution >= 4 is 28.1 Å². The van der Waals surface area contributed by atoms with E-state index in [-0.39, 0.29) is 0 Å². The molecule has 0 radical (unpaired) electrons. The Hall–Kier alpha value is -2.28. The van der Waals surface area contributed by atoms with Gasteiger partial charge in [-0.25, -0.2) is 0 Å². The molecule has 0 spiro atoms. The molecule has 3 aromatic rings. The predicted molar refractivity (Wildman–Crippen MR) is 75.7 cm³/mol. The average Bonchev–Trinajstić information content (AvgIpc) is 2.96. The minimum Gasteiger partial charge on any atom is -0.389 e. The molecule has 0 bridgehead atoms. The van der Waals surface area contributed by atoms with Crippen LogP contribution in [-0.4, -0.2) is 29.8 Å². The third kappa shape index (κ3) is 2.19. The van der Waals surface area contributed by atoms with E-state index >= 15 is 0 Å². The van der Waals surface area contributed by atoms with Gasteiger partial charge in [-0.15, -0.1) is 10.2 Å². The van der Waals surface area contributed by atoms with Crippen molar-refractivity contribution in [2.75, 3.05) is 0 Å². The summed E-state index contributed by atoms with van der Waals surface area (Å²) in [6, 6.07) is 7.95. The summed E-state index contributed by atoms with van der Waals surface area (Å²) in [5, 5.41) is 13.1. The number of thiocarbonyl (C=S) groups is 1. The molecule has 19 heavy (non-hydrogen) atoms. The lowest BCUT2D eigenvalue weighted by Crippen LogP contribution is -2.09. The van der Waals surface area contributed by atoms with Crippen molar-refractivity contribution in [2.24, 2.45) is 12.8 Å². The lowest BCUT2D eigenvalue weighted by atomic mass is 10.1. The molecule has 3 rings (SSSR count). The fourth-order valence-electron chi connectivity index (χ4n) is 2.01. The molecule has 0 aliphatic rings. The van der Waals surface area contributed by atoms with E-state index in [9.17, 15) is 0 Å². The van der Waals surface area contributed by atoms with Crippen LogP contribution in [-0.2, 0) is 13.6 Å². The van der Waals surface area contributed by atoms with Crippen molar-refractivity contribution in [1.29, 1.82) is 0 Å². The van der Waals surface area contributed by atoms with E-state index in [0.717, 1.165) is 16.5 Å². The van der Waals surface area contributed by atoms with Gasteiger partial charge in [0.1, 0.15) is 4.99 Å². The fraction of sp³-hybridized carbons (Fsp3) is 0.167. The van der Waals surface area contributed by atoms with Gasteiger partial charge < -0.3 is 10.3 Å². The monoisotopic (exact) mass is 272 g/mol. The molecule has 0 saturated heterocycles. The highest BCUT2D eigenvalue weighted by atomic mass is 32.1. The van der Waals surface area contributed by atoms with E-state index < -0.39 is 0 Å². The normalized spacial score (nSPS) is 11.0. The summed E-state index contributed by atoms with van der Waals surface area (Å²) in [4.78, 5) is 1.84. The minimum atomic E-state index is 0.396. The molecular weight excluding hydrogens is 260 g/mol. The number of nitrogens with two attached hydrogens (primary N) is 1. The number of tetrazole rings is 1. The Morgan fingerprint density at radius 2 is 2.21 bits per heavy atom. The Morgan fingerprint density at radius 3 is 2.89 bits per heavy atom. The highest BCUT2D eigenvalue weighted by Crippen LogP contribution is 2.18. The van der Waals surface area contributed by atoms with Gasteiger partial charge in [0, 0.05) is 17.3 Å². The molecule has 0 saturated carbocycles.